The lowest BCUT2D eigenvalue weighted by Crippen LogP contribution is -2.36. The Morgan fingerprint density at radius 3 is 2.36 bits per heavy atom. The van der Waals surface area contributed by atoms with Crippen LogP contribution in [0.15, 0.2) is 0 Å². The van der Waals surface area contributed by atoms with Gasteiger partial charge in [-0.3, -0.25) is 0 Å². The first-order valence-corrected chi connectivity index (χ1v) is 8.38. The highest BCUT2D eigenvalue weighted by molar-refractivity contribution is 7.92. The molecule has 0 radical (unpaired) electrons. The van der Waals surface area contributed by atoms with Gasteiger partial charge >= 0.3 is 12.1 Å². The third-order valence-corrected chi connectivity index (χ3v) is 5.44. The zero-order valence-corrected chi connectivity index (χ0v) is 12.4. The van der Waals surface area contributed by atoms with E-state index in [1.165, 1.54) is 6.07 Å². The van der Waals surface area contributed by atoms with Crippen molar-refractivity contribution in [1.82, 2.24) is 0 Å². The predicted molar refractivity (Wildman–Crippen MR) is 67.0 cm³/mol. The molecule has 0 aromatic rings. The highest BCUT2D eigenvalue weighted by Gasteiger charge is 2.56. The minimum absolute atomic E-state index is 0.412. The Morgan fingerprint density at radius 1 is 1.27 bits per heavy atom. The van der Waals surface area contributed by atoms with E-state index >= 15 is 0 Å². The lowest BCUT2D eigenvalue weighted by Gasteiger charge is -2.20. The molecule has 0 saturated carbocycles. The Kier molecular flexibility index (Phi) is 6.15. The number of hydrogen-bond donors (Lipinski definition) is 0. The van der Waals surface area contributed by atoms with E-state index in [-0.39, 0.29) is 0 Å². The van der Waals surface area contributed by atoms with Crippen LogP contribution < -0.4 is 0 Å². The van der Waals surface area contributed by atoms with Crippen LogP contribution in [0, 0.1) is 11.3 Å². The van der Waals surface area contributed by atoms with E-state index in [2.05, 4.69) is 0 Å². The monoisotopic (exact) mass is 349 g/mol. The van der Waals surface area contributed by atoms with Crippen molar-refractivity contribution in [2.45, 2.75) is 55.6 Å². The van der Waals surface area contributed by atoms with Gasteiger partial charge in [0.2, 0.25) is 0 Å². The van der Waals surface area contributed by atoms with Gasteiger partial charge in [0.15, 0.2) is 9.84 Å². The Morgan fingerprint density at radius 2 is 1.91 bits per heavy atom. The van der Waals surface area contributed by atoms with Gasteiger partial charge in [0.05, 0.1) is 17.9 Å². The van der Waals surface area contributed by atoms with Gasteiger partial charge in [-0.15, -0.1) is 0 Å². The average molecular weight is 349 g/mol. The standard InChI is InChI=1S/C12H16F5NO3S/c13-11(14,12(15,16)17)5-1-4-10(7-18)22(19,20)8-9-3-2-6-21-9/h9-10H,1-6,8H2. The third-order valence-electron chi connectivity index (χ3n) is 3.39. The van der Waals surface area contributed by atoms with E-state index in [4.69, 9.17) is 10.00 Å². The van der Waals surface area contributed by atoms with Gasteiger partial charge in [0.25, 0.3) is 0 Å². The molecule has 1 heterocycles. The number of sulfone groups is 1. The molecule has 2 atom stereocenters. The van der Waals surface area contributed by atoms with E-state index in [0.29, 0.717) is 19.4 Å². The maximum absolute atomic E-state index is 12.7. The average Bonchev–Trinajstić information content (AvgIpc) is 2.84. The van der Waals surface area contributed by atoms with Crippen molar-refractivity contribution < 1.29 is 35.1 Å². The number of nitrogens with zero attached hydrogens (tertiary/aromatic N) is 1. The number of nitriles is 1. The summed E-state index contributed by atoms with van der Waals surface area (Å²) in [5.41, 5.74) is 0. The summed E-state index contributed by atoms with van der Waals surface area (Å²) in [6.45, 7) is 0.412. The van der Waals surface area contributed by atoms with Crippen LogP contribution in [0.3, 0.4) is 0 Å². The van der Waals surface area contributed by atoms with Gasteiger partial charge in [-0.05, 0) is 25.7 Å². The summed E-state index contributed by atoms with van der Waals surface area (Å²) >= 11 is 0. The molecule has 1 fully saturated rings. The van der Waals surface area contributed by atoms with Crippen LogP contribution in [0.1, 0.15) is 32.1 Å². The van der Waals surface area contributed by atoms with Crippen molar-refractivity contribution in [2.75, 3.05) is 12.4 Å². The largest absolute Gasteiger partial charge is 0.453 e. The molecule has 128 valence electrons. The van der Waals surface area contributed by atoms with Gasteiger partial charge in [0, 0.05) is 13.0 Å². The molecular formula is C12H16F5NO3S. The normalized spacial score (nSPS) is 21.5. The molecular weight excluding hydrogens is 333 g/mol. The van der Waals surface area contributed by atoms with Crippen LogP contribution >= 0.6 is 0 Å². The number of alkyl halides is 5. The summed E-state index contributed by atoms with van der Waals surface area (Å²) in [5.74, 6) is -5.30. The zero-order valence-electron chi connectivity index (χ0n) is 11.6. The van der Waals surface area contributed by atoms with Crippen molar-refractivity contribution in [3.05, 3.63) is 0 Å². The first-order valence-electron chi connectivity index (χ1n) is 6.67. The maximum Gasteiger partial charge on any atom is 0.453 e. The Hall–Kier alpha value is -0.950. The van der Waals surface area contributed by atoms with E-state index in [1.54, 1.807) is 0 Å². The van der Waals surface area contributed by atoms with Crippen LogP contribution in [-0.4, -0.2) is 44.2 Å². The molecule has 4 nitrogen and oxygen atoms in total. The van der Waals surface area contributed by atoms with Crippen molar-refractivity contribution >= 4 is 9.84 Å². The van der Waals surface area contributed by atoms with E-state index in [0.717, 1.165) is 0 Å². The molecule has 0 amide bonds. The maximum atomic E-state index is 12.7. The first-order chi connectivity index (χ1) is 9.99. The lowest BCUT2D eigenvalue weighted by molar-refractivity contribution is -0.284. The van der Waals surface area contributed by atoms with E-state index in [9.17, 15) is 30.4 Å². The molecule has 10 heteroatoms. The summed E-state index contributed by atoms with van der Waals surface area (Å²) in [6, 6.07) is 1.47. The van der Waals surface area contributed by atoms with E-state index < -0.39 is 58.3 Å². The quantitative estimate of drug-likeness (QED) is 0.663. The van der Waals surface area contributed by atoms with Crippen LogP contribution in [0.2, 0.25) is 0 Å². The molecule has 2 unspecified atom stereocenters. The minimum atomic E-state index is -5.67. The third kappa shape index (κ3) is 5.05. The molecule has 1 saturated heterocycles. The highest BCUT2D eigenvalue weighted by Crippen LogP contribution is 2.39. The summed E-state index contributed by atoms with van der Waals surface area (Å²) in [6.07, 6.45) is -7.82. The van der Waals surface area contributed by atoms with Crippen molar-refractivity contribution in [3.8, 4) is 6.07 Å². The number of ether oxygens (including phenoxy) is 1. The highest BCUT2D eigenvalue weighted by atomic mass is 32.2. The van der Waals surface area contributed by atoms with Crippen molar-refractivity contribution in [1.29, 1.82) is 5.26 Å². The molecule has 0 spiro atoms. The second-order valence-electron chi connectivity index (χ2n) is 5.18. The molecule has 0 aromatic heterocycles. The van der Waals surface area contributed by atoms with Gasteiger partial charge in [-0.1, -0.05) is 0 Å². The lowest BCUT2D eigenvalue weighted by atomic mass is 10.1. The second kappa shape index (κ2) is 7.08. The van der Waals surface area contributed by atoms with Gasteiger partial charge < -0.3 is 4.74 Å². The zero-order chi connectivity index (χ0) is 17.0. The van der Waals surface area contributed by atoms with Crippen LogP contribution in [0.25, 0.3) is 0 Å². The first kappa shape index (κ1) is 19.1. The van der Waals surface area contributed by atoms with Crippen LogP contribution in [0.4, 0.5) is 22.0 Å². The SMILES string of the molecule is N#CC(CCCC(F)(F)C(F)(F)F)S(=O)(=O)CC1CCCO1. The van der Waals surface area contributed by atoms with Crippen molar-refractivity contribution in [3.63, 3.8) is 0 Å². The number of halogens is 5. The molecule has 0 aliphatic carbocycles. The minimum Gasteiger partial charge on any atom is -0.377 e. The fraction of sp³-hybridized carbons (Fsp3) is 0.917. The molecule has 1 aliphatic heterocycles. The summed E-state index contributed by atoms with van der Waals surface area (Å²) < 4.78 is 90.5. The van der Waals surface area contributed by atoms with Crippen LogP contribution in [0.5, 0.6) is 0 Å². The fourth-order valence-corrected chi connectivity index (χ4v) is 3.83. The summed E-state index contributed by atoms with van der Waals surface area (Å²) in [5, 5.41) is 7.25. The molecule has 22 heavy (non-hydrogen) atoms. The van der Waals surface area contributed by atoms with E-state index in [1.807, 2.05) is 0 Å². The Labute approximate surface area is 125 Å². The number of hydrogen-bond acceptors (Lipinski definition) is 4. The molecule has 0 aromatic carbocycles. The molecule has 1 aliphatic rings. The van der Waals surface area contributed by atoms with Crippen molar-refractivity contribution in [2.24, 2.45) is 0 Å². The van der Waals surface area contributed by atoms with Gasteiger partial charge in [-0.25, -0.2) is 8.42 Å². The molecule has 0 N–H and O–H groups in total. The second-order valence-corrected chi connectivity index (χ2v) is 7.40. The fourth-order valence-electron chi connectivity index (χ4n) is 2.13. The molecule has 0 bridgehead atoms. The topological polar surface area (TPSA) is 67.2 Å². The smallest absolute Gasteiger partial charge is 0.377 e. The summed E-state index contributed by atoms with van der Waals surface area (Å²) in [7, 11) is -3.92. The number of rotatable bonds is 7. The molecule has 1 rings (SSSR count). The Bertz CT molecular complexity index is 506. The van der Waals surface area contributed by atoms with Gasteiger partial charge in [0.1, 0.15) is 5.25 Å². The van der Waals surface area contributed by atoms with Gasteiger partial charge in [-0.2, -0.15) is 27.2 Å². The predicted octanol–water partition coefficient (Wildman–Crippen LogP) is 2.84. The Balaban J connectivity index is 2.56. The van der Waals surface area contributed by atoms with Crippen LogP contribution in [-0.2, 0) is 14.6 Å². The summed E-state index contributed by atoms with van der Waals surface area (Å²) in [4.78, 5) is 0.